The second-order valence-electron chi connectivity index (χ2n) is 10.7. The molecule has 9 heteroatoms. The second-order valence-corrected chi connectivity index (χ2v) is 11.8. The Morgan fingerprint density at radius 1 is 1.15 bits per heavy atom. The Bertz CT molecular complexity index is 1340. The Kier molecular flexibility index (Phi) is 9.68. The van der Waals surface area contributed by atoms with Gasteiger partial charge in [0.05, 0.1) is 31.6 Å². The molecule has 0 aliphatic heterocycles. The van der Waals surface area contributed by atoms with Gasteiger partial charge in [-0.2, -0.15) is 0 Å². The van der Waals surface area contributed by atoms with E-state index in [1.165, 1.54) is 4.88 Å². The number of aliphatic imine (C=N–C) groups is 1. The van der Waals surface area contributed by atoms with Crippen LogP contribution in [0.3, 0.4) is 0 Å². The first kappa shape index (κ1) is 29.4. The summed E-state index contributed by atoms with van der Waals surface area (Å²) in [4.78, 5) is 31.2. The first-order chi connectivity index (χ1) is 19.2. The predicted octanol–water partition coefficient (Wildman–Crippen LogP) is 6.51. The van der Waals surface area contributed by atoms with Crippen molar-refractivity contribution in [3.05, 3.63) is 63.9 Å². The summed E-state index contributed by atoms with van der Waals surface area (Å²) in [5.41, 5.74) is 2.73. The molecule has 40 heavy (non-hydrogen) atoms. The molecule has 3 aromatic rings. The number of benzene rings is 1. The number of hydrogen-bond acceptors (Lipinski definition) is 8. The number of ether oxygens (including phenoxy) is 3. The number of carbonyl (C=O) groups excluding carboxylic acids is 2. The minimum absolute atomic E-state index is 0.145. The van der Waals surface area contributed by atoms with Crippen LogP contribution in [0.1, 0.15) is 73.2 Å². The van der Waals surface area contributed by atoms with E-state index in [0.29, 0.717) is 53.5 Å². The number of rotatable bonds is 11. The highest BCUT2D eigenvalue weighted by molar-refractivity contribution is 7.16. The van der Waals surface area contributed by atoms with E-state index in [1.54, 1.807) is 42.9 Å². The number of hydrogen-bond donors (Lipinski definition) is 1. The zero-order valence-electron chi connectivity index (χ0n) is 23.9. The molecule has 0 saturated carbocycles. The maximum absolute atomic E-state index is 13.4. The molecule has 8 nitrogen and oxygen atoms in total. The van der Waals surface area contributed by atoms with Gasteiger partial charge in [0.1, 0.15) is 10.8 Å². The van der Waals surface area contributed by atoms with Crippen LogP contribution in [0, 0.1) is 11.3 Å². The SMILES string of the molecule is CCOC(=O)COc1ccc(C=Nc2sc3c(c2C(=O)NCc2ccco2)CC[C@H](C(C)(C)C)C3)cc1OCC. The van der Waals surface area contributed by atoms with Crippen LogP contribution in [0.5, 0.6) is 11.5 Å². The van der Waals surface area contributed by atoms with E-state index in [0.717, 1.165) is 30.4 Å². The fraction of sp³-hybridized carbons (Fsp3) is 0.452. The number of carbonyl (C=O) groups is 2. The zero-order valence-corrected chi connectivity index (χ0v) is 24.7. The molecule has 214 valence electrons. The average Bonchev–Trinajstić information content (AvgIpc) is 3.57. The molecular weight excluding hydrogens is 528 g/mol. The molecule has 2 aromatic heterocycles. The summed E-state index contributed by atoms with van der Waals surface area (Å²) >= 11 is 1.60. The minimum Gasteiger partial charge on any atom is -0.490 e. The van der Waals surface area contributed by atoms with Gasteiger partial charge >= 0.3 is 5.97 Å². The Labute approximate surface area is 239 Å². The van der Waals surface area contributed by atoms with E-state index < -0.39 is 5.97 Å². The molecule has 0 spiro atoms. The van der Waals surface area contributed by atoms with Crippen molar-refractivity contribution in [3.63, 3.8) is 0 Å². The number of amides is 1. The average molecular weight is 567 g/mol. The van der Waals surface area contributed by atoms with Gasteiger partial charge in [0, 0.05) is 11.1 Å². The molecule has 1 N–H and O–H groups in total. The molecular formula is C31H38N2O6S. The van der Waals surface area contributed by atoms with Gasteiger partial charge in [-0.1, -0.05) is 20.8 Å². The summed E-state index contributed by atoms with van der Waals surface area (Å²) in [6.45, 7) is 11.3. The third-order valence-corrected chi connectivity index (χ3v) is 8.11. The van der Waals surface area contributed by atoms with Crippen LogP contribution >= 0.6 is 11.3 Å². The maximum atomic E-state index is 13.4. The van der Waals surface area contributed by atoms with E-state index in [1.807, 2.05) is 25.1 Å². The van der Waals surface area contributed by atoms with Crippen LogP contribution in [0.25, 0.3) is 0 Å². The highest BCUT2D eigenvalue weighted by Crippen LogP contribution is 2.45. The van der Waals surface area contributed by atoms with Gasteiger partial charge in [0.2, 0.25) is 0 Å². The lowest BCUT2D eigenvalue weighted by Gasteiger charge is -2.33. The molecule has 2 heterocycles. The van der Waals surface area contributed by atoms with Crippen molar-refractivity contribution in [3.8, 4) is 11.5 Å². The molecule has 1 aromatic carbocycles. The van der Waals surface area contributed by atoms with Crippen LogP contribution in [-0.2, 0) is 28.9 Å². The molecule has 0 saturated heterocycles. The number of esters is 1. The molecule has 0 fully saturated rings. The largest absolute Gasteiger partial charge is 0.490 e. The lowest BCUT2D eigenvalue weighted by atomic mass is 9.72. The third-order valence-electron chi connectivity index (χ3n) is 6.95. The van der Waals surface area contributed by atoms with Crippen molar-refractivity contribution in [1.82, 2.24) is 5.32 Å². The van der Waals surface area contributed by atoms with Gasteiger partial charge in [-0.05, 0) is 85.9 Å². The van der Waals surface area contributed by atoms with Crippen LogP contribution < -0.4 is 14.8 Å². The van der Waals surface area contributed by atoms with Gasteiger partial charge < -0.3 is 23.9 Å². The number of furan rings is 1. The van der Waals surface area contributed by atoms with Crippen molar-refractivity contribution in [2.75, 3.05) is 19.8 Å². The molecule has 1 atom stereocenters. The number of fused-ring (bicyclic) bond motifs is 1. The second kappa shape index (κ2) is 13.2. The first-order valence-corrected chi connectivity index (χ1v) is 14.6. The molecule has 0 bridgehead atoms. The number of nitrogens with zero attached hydrogens (tertiary/aromatic N) is 1. The molecule has 1 amide bonds. The molecule has 0 radical (unpaired) electrons. The van der Waals surface area contributed by atoms with Crippen molar-refractivity contribution >= 4 is 34.4 Å². The van der Waals surface area contributed by atoms with Gasteiger partial charge in [-0.15, -0.1) is 11.3 Å². The topological polar surface area (TPSA) is 99.4 Å². The van der Waals surface area contributed by atoms with Crippen LogP contribution in [0.15, 0.2) is 46.0 Å². The summed E-state index contributed by atoms with van der Waals surface area (Å²) in [5.74, 6) is 1.61. The monoisotopic (exact) mass is 566 g/mol. The molecule has 0 unspecified atom stereocenters. The summed E-state index contributed by atoms with van der Waals surface area (Å²) in [6.07, 6.45) is 6.17. The van der Waals surface area contributed by atoms with E-state index >= 15 is 0 Å². The summed E-state index contributed by atoms with van der Waals surface area (Å²) in [7, 11) is 0. The minimum atomic E-state index is -0.441. The zero-order chi connectivity index (χ0) is 28.7. The maximum Gasteiger partial charge on any atom is 0.344 e. The first-order valence-electron chi connectivity index (χ1n) is 13.7. The highest BCUT2D eigenvalue weighted by Gasteiger charge is 2.33. The van der Waals surface area contributed by atoms with E-state index in [2.05, 4.69) is 26.1 Å². The fourth-order valence-electron chi connectivity index (χ4n) is 4.77. The van der Waals surface area contributed by atoms with E-state index in [-0.39, 0.29) is 17.9 Å². The fourth-order valence-corrected chi connectivity index (χ4v) is 6.04. The lowest BCUT2D eigenvalue weighted by molar-refractivity contribution is -0.145. The summed E-state index contributed by atoms with van der Waals surface area (Å²) < 4.78 is 21.7. The smallest absolute Gasteiger partial charge is 0.344 e. The Balaban J connectivity index is 1.60. The third kappa shape index (κ3) is 7.33. The Hall–Kier alpha value is -3.59. The standard InChI is InChI=1S/C31H38N2O6S/c1-6-36-25-15-20(10-13-24(25)39-19-27(34)37-7-2)17-33-30-28(29(35)32-18-22-9-8-14-38-22)23-12-11-21(31(3,4)5)16-26(23)40-30/h8-10,13-15,17,21H,6-7,11-12,16,18-19H2,1-5H3,(H,32,35)/t21-/m0/s1. The van der Waals surface area contributed by atoms with Crippen LogP contribution in [0.4, 0.5) is 5.00 Å². The molecule has 1 aliphatic rings. The summed E-state index contributed by atoms with van der Waals surface area (Å²) in [5, 5.41) is 3.70. The Morgan fingerprint density at radius 2 is 1.98 bits per heavy atom. The summed E-state index contributed by atoms with van der Waals surface area (Å²) in [6, 6.07) is 9.04. The van der Waals surface area contributed by atoms with Crippen molar-refractivity contribution < 1.29 is 28.2 Å². The molecule has 1 aliphatic carbocycles. The predicted molar refractivity (Wildman–Crippen MR) is 156 cm³/mol. The van der Waals surface area contributed by atoms with Gasteiger partial charge in [0.25, 0.3) is 5.91 Å². The van der Waals surface area contributed by atoms with Gasteiger partial charge in [-0.3, -0.25) is 4.79 Å². The quantitative estimate of drug-likeness (QED) is 0.210. The van der Waals surface area contributed by atoms with E-state index in [4.69, 9.17) is 23.6 Å². The molecule has 4 rings (SSSR count). The van der Waals surface area contributed by atoms with E-state index in [9.17, 15) is 9.59 Å². The van der Waals surface area contributed by atoms with Gasteiger partial charge in [-0.25, -0.2) is 9.79 Å². The van der Waals surface area contributed by atoms with Crippen LogP contribution in [-0.4, -0.2) is 37.9 Å². The van der Waals surface area contributed by atoms with Crippen molar-refractivity contribution in [1.29, 1.82) is 0 Å². The van der Waals surface area contributed by atoms with Gasteiger partial charge in [0.15, 0.2) is 18.1 Å². The lowest BCUT2D eigenvalue weighted by Crippen LogP contribution is -2.28. The number of thiophene rings is 1. The highest BCUT2D eigenvalue weighted by atomic mass is 32.1. The Morgan fingerprint density at radius 3 is 2.67 bits per heavy atom. The normalized spacial score (nSPS) is 15.1. The number of nitrogens with one attached hydrogen (secondary N) is 1. The van der Waals surface area contributed by atoms with Crippen molar-refractivity contribution in [2.24, 2.45) is 16.3 Å². The van der Waals surface area contributed by atoms with Crippen LogP contribution in [0.2, 0.25) is 0 Å². The van der Waals surface area contributed by atoms with Crippen molar-refractivity contribution in [2.45, 2.75) is 60.4 Å².